The topological polar surface area (TPSA) is 29.9 Å². The highest BCUT2D eigenvalue weighted by molar-refractivity contribution is 7.14. The average molecular weight is 352 g/mol. The monoisotopic (exact) mass is 351 g/mol. The van der Waals surface area contributed by atoms with Crippen molar-refractivity contribution in [1.82, 2.24) is 9.55 Å². The molecule has 1 aromatic carbocycles. The van der Waals surface area contributed by atoms with E-state index in [9.17, 15) is 0 Å². The van der Waals surface area contributed by atoms with Gasteiger partial charge in [-0.15, -0.1) is 11.3 Å². The van der Waals surface area contributed by atoms with Crippen LogP contribution < -0.4 is 5.32 Å². The fraction of sp³-hybridized carbons (Fsp3) is 0.188. The summed E-state index contributed by atoms with van der Waals surface area (Å²) in [5, 5.41) is 7.16. The van der Waals surface area contributed by atoms with Crippen LogP contribution in [-0.2, 0) is 0 Å². The third kappa shape index (κ3) is 2.62. The Morgan fingerprint density at radius 2 is 1.91 bits per heavy atom. The highest BCUT2D eigenvalue weighted by Gasteiger charge is 2.15. The maximum absolute atomic E-state index is 6.15. The number of thiazole rings is 1. The van der Waals surface area contributed by atoms with E-state index in [1.165, 1.54) is 0 Å². The van der Waals surface area contributed by atoms with E-state index >= 15 is 0 Å². The molecule has 3 rings (SSSR count). The molecule has 2 heterocycles. The van der Waals surface area contributed by atoms with Crippen molar-refractivity contribution >= 4 is 39.7 Å². The molecule has 1 N–H and O–H groups in total. The van der Waals surface area contributed by atoms with E-state index in [1.807, 2.05) is 25.2 Å². The molecule has 0 aliphatic rings. The van der Waals surface area contributed by atoms with Crippen molar-refractivity contribution in [2.45, 2.75) is 13.8 Å². The van der Waals surface area contributed by atoms with Crippen LogP contribution in [0.15, 0.2) is 29.6 Å². The van der Waals surface area contributed by atoms with E-state index < -0.39 is 0 Å². The van der Waals surface area contributed by atoms with Gasteiger partial charge in [0.2, 0.25) is 0 Å². The zero-order valence-corrected chi connectivity index (χ0v) is 14.8. The highest BCUT2D eigenvalue weighted by atomic mass is 35.5. The second-order valence-corrected chi connectivity index (χ2v) is 6.68. The number of aromatic nitrogens is 2. The predicted octanol–water partition coefficient (Wildman–Crippen LogP) is 5.57. The van der Waals surface area contributed by atoms with Crippen LogP contribution in [0.1, 0.15) is 11.4 Å². The first-order chi connectivity index (χ1) is 10.5. The Morgan fingerprint density at radius 1 is 1.14 bits per heavy atom. The summed E-state index contributed by atoms with van der Waals surface area (Å²) in [5.74, 6) is 0. The number of aryl methyl sites for hydroxylation is 1. The summed E-state index contributed by atoms with van der Waals surface area (Å²) in [6, 6.07) is 7.82. The molecule has 0 amide bonds. The molecule has 0 atom stereocenters. The molecule has 0 spiro atoms. The van der Waals surface area contributed by atoms with E-state index in [1.54, 1.807) is 11.3 Å². The summed E-state index contributed by atoms with van der Waals surface area (Å²) >= 11 is 13.8. The van der Waals surface area contributed by atoms with Gasteiger partial charge in [0.05, 0.1) is 15.7 Å². The Kier molecular flexibility index (Phi) is 4.17. The Morgan fingerprint density at radius 3 is 2.55 bits per heavy atom. The maximum atomic E-state index is 6.15. The molecule has 0 unspecified atom stereocenters. The summed E-state index contributed by atoms with van der Waals surface area (Å²) in [6.07, 6.45) is 0. The third-order valence-corrected chi connectivity index (χ3v) is 5.19. The number of hydrogen-bond acceptors (Lipinski definition) is 3. The molecule has 0 aliphatic carbocycles. The summed E-state index contributed by atoms with van der Waals surface area (Å²) in [7, 11) is 1.88. The van der Waals surface area contributed by atoms with Crippen LogP contribution in [-0.4, -0.2) is 16.6 Å². The van der Waals surface area contributed by atoms with E-state index in [4.69, 9.17) is 23.2 Å². The van der Waals surface area contributed by atoms with Crippen molar-refractivity contribution in [3.8, 4) is 16.9 Å². The molecule has 3 nitrogen and oxygen atoms in total. The van der Waals surface area contributed by atoms with Crippen molar-refractivity contribution in [2.24, 2.45) is 0 Å². The van der Waals surface area contributed by atoms with Crippen molar-refractivity contribution in [3.05, 3.63) is 51.1 Å². The minimum absolute atomic E-state index is 0.555. The summed E-state index contributed by atoms with van der Waals surface area (Å²) in [6.45, 7) is 4.16. The molecule has 114 valence electrons. The number of nitrogens with zero attached hydrogens (tertiary/aromatic N) is 2. The Bertz CT molecular complexity index is 836. The van der Waals surface area contributed by atoms with E-state index in [0.29, 0.717) is 10.0 Å². The van der Waals surface area contributed by atoms with E-state index in [0.717, 1.165) is 33.5 Å². The molecule has 2 aromatic heterocycles. The van der Waals surface area contributed by atoms with Gasteiger partial charge in [0, 0.05) is 35.1 Å². The van der Waals surface area contributed by atoms with Gasteiger partial charge in [-0.3, -0.25) is 0 Å². The molecule has 22 heavy (non-hydrogen) atoms. The standard InChI is InChI=1S/C16H15Cl2N3S/c1-9-6-12(15-8-22-16(19-3)20-15)10(2)21(9)11-4-5-13(17)14(18)7-11/h4-8H,1-3H3,(H,19,20). The van der Waals surface area contributed by atoms with Gasteiger partial charge in [-0.1, -0.05) is 23.2 Å². The quantitative estimate of drug-likeness (QED) is 0.668. The zero-order chi connectivity index (χ0) is 15.9. The van der Waals surface area contributed by atoms with Gasteiger partial charge in [-0.25, -0.2) is 4.98 Å². The number of nitrogens with one attached hydrogen (secondary N) is 1. The lowest BCUT2D eigenvalue weighted by Gasteiger charge is -2.10. The van der Waals surface area contributed by atoms with Crippen LogP contribution in [0.2, 0.25) is 10.0 Å². The van der Waals surface area contributed by atoms with Crippen LogP contribution >= 0.6 is 34.5 Å². The number of anilines is 1. The first kappa shape index (κ1) is 15.4. The Hall–Kier alpha value is -1.49. The molecular weight excluding hydrogens is 337 g/mol. The zero-order valence-electron chi connectivity index (χ0n) is 12.4. The summed E-state index contributed by atoms with van der Waals surface area (Å²) in [4.78, 5) is 4.59. The Labute approximate surface area is 143 Å². The van der Waals surface area contributed by atoms with E-state index in [-0.39, 0.29) is 0 Å². The van der Waals surface area contributed by atoms with Gasteiger partial charge in [0.25, 0.3) is 0 Å². The number of halogens is 2. The van der Waals surface area contributed by atoms with Crippen molar-refractivity contribution in [3.63, 3.8) is 0 Å². The number of benzene rings is 1. The van der Waals surface area contributed by atoms with Crippen LogP contribution in [0.25, 0.3) is 16.9 Å². The highest BCUT2D eigenvalue weighted by Crippen LogP contribution is 2.33. The average Bonchev–Trinajstić information content (AvgIpc) is 3.07. The first-order valence-corrected chi connectivity index (χ1v) is 8.43. The van der Waals surface area contributed by atoms with Crippen LogP contribution in [0.3, 0.4) is 0 Å². The molecule has 0 fully saturated rings. The maximum Gasteiger partial charge on any atom is 0.182 e. The van der Waals surface area contributed by atoms with E-state index in [2.05, 4.69) is 40.2 Å². The lowest BCUT2D eigenvalue weighted by atomic mass is 10.2. The van der Waals surface area contributed by atoms with Crippen molar-refractivity contribution in [2.75, 3.05) is 12.4 Å². The van der Waals surface area contributed by atoms with Crippen molar-refractivity contribution in [1.29, 1.82) is 0 Å². The first-order valence-electron chi connectivity index (χ1n) is 6.79. The molecule has 0 bridgehead atoms. The molecule has 0 radical (unpaired) electrons. The van der Waals surface area contributed by atoms with Gasteiger partial charge >= 0.3 is 0 Å². The largest absolute Gasteiger partial charge is 0.365 e. The van der Waals surface area contributed by atoms with Crippen LogP contribution in [0.5, 0.6) is 0 Å². The fourth-order valence-electron chi connectivity index (χ4n) is 2.56. The van der Waals surface area contributed by atoms with Crippen LogP contribution in [0, 0.1) is 13.8 Å². The predicted molar refractivity (Wildman–Crippen MR) is 95.9 cm³/mol. The molecule has 0 saturated heterocycles. The molecular formula is C16H15Cl2N3S. The number of hydrogen-bond donors (Lipinski definition) is 1. The lowest BCUT2D eigenvalue weighted by Crippen LogP contribution is -1.99. The summed E-state index contributed by atoms with van der Waals surface area (Å²) < 4.78 is 2.16. The lowest BCUT2D eigenvalue weighted by molar-refractivity contribution is 0.966. The minimum Gasteiger partial charge on any atom is -0.365 e. The van der Waals surface area contributed by atoms with Gasteiger partial charge in [-0.05, 0) is 38.1 Å². The molecule has 0 aliphatic heterocycles. The molecule has 3 aromatic rings. The SMILES string of the molecule is CNc1nc(-c2cc(C)n(-c3ccc(Cl)c(Cl)c3)c2C)cs1. The van der Waals surface area contributed by atoms with Gasteiger partial charge in [0.1, 0.15) is 0 Å². The summed E-state index contributed by atoms with van der Waals surface area (Å²) in [5.41, 5.74) is 5.36. The smallest absolute Gasteiger partial charge is 0.182 e. The van der Waals surface area contributed by atoms with Gasteiger partial charge in [0.15, 0.2) is 5.13 Å². The van der Waals surface area contributed by atoms with Crippen LogP contribution in [0.4, 0.5) is 5.13 Å². The normalized spacial score (nSPS) is 11.0. The second kappa shape index (κ2) is 5.95. The minimum atomic E-state index is 0.555. The van der Waals surface area contributed by atoms with Gasteiger partial charge < -0.3 is 9.88 Å². The van der Waals surface area contributed by atoms with Gasteiger partial charge in [-0.2, -0.15) is 0 Å². The number of rotatable bonds is 3. The second-order valence-electron chi connectivity index (χ2n) is 5.01. The van der Waals surface area contributed by atoms with Crippen molar-refractivity contribution < 1.29 is 0 Å². The Balaban J connectivity index is 2.12. The third-order valence-electron chi connectivity index (χ3n) is 3.59. The molecule has 0 saturated carbocycles. The molecule has 6 heteroatoms. The fourth-order valence-corrected chi connectivity index (χ4v) is 3.52.